The van der Waals surface area contributed by atoms with Gasteiger partial charge in [0.05, 0.1) is 17.4 Å². The standard InChI is InChI=1S/C14H15N.6C10H14.C9H12.C8H11N.2C5H5N.2C4H4S.C3H3NO.C3H3NS.11C2H6/c1-11(2)13-8-9-14(15-10-13)12-6-4-3-5-7-12;1-8(2)10-6-4-9(3)5-7-10;2*1-8(2)10-6-4-5-9(3)7-10;3*1-8(2)10-7-5-4-6-9(10)3;1-8(2)9-6-4-3-5-7-9;1-7(2)8-4-3-5-9-6-8;2*1-2-4-6-5-3-1;2*1-2-4-5-3-1;2*1-2-5-3-4-1;11*1-2/h3-11H,1-2H3;6*4-8H,1-3H3;3-8H,1-2H3;3-7H,1-2H3;2*1-5H;2*1-4H;2*1-3H;11*1-2H3. The third-order valence-electron chi connectivity index (χ3n) is 18.6. The maximum atomic E-state index is 4.47. The lowest BCUT2D eigenvalue weighted by atomic mass is 9.99. The zero-order valence-electron chi connectivity index (χ0n) is 102. The van der Waals surface area contributed by atoms with E-state index in [9.17, 15) is 0 Å². The van der Waals surface area contributed by atoms with E-state index in [4.69, 9.17) is 0 Å². The number of benzene rings is 8. The maximum Gasteiger partial charge on any atom is 0.180 e. The van der Waals surface area contributed by atoms with Crippen molar-refractivity contribution in [3.05, 3.63) is 475 Å². The second-order valence-electron chi connectivity index (χ2n) is 32.2. The van der Waals surface area contributed by atoms with Crippen LogP contribution in [0, 0.1) is 41.5 Å². The molecule has 814 valence electrons. The largest absolute Gasteiger partial charge is 0.452 e. The summed E-state index contributed by atoms with van der Waals surface area (Å²) >= 11 is 5.03. The Labute approximate surface area is 920 Å². The fourth-order valence-corrected chi connectivity index (χ4v) is 12.5. The van der Waals surface area contributed by atoms with Crippen molar-refractivity contribution in [2.45, 2.75) is 372 Å². The lowest BCUT2D eigenvalue weighted by Crippen LogP contribution is -1.89. The van der Waals surface area contributed by atoms with Crippen LogP contribution in [-0.4, -0.2) is 29.9 Å². The van der Waals surface area contributed by atoms with Gasteiger partial charge in [0.25, 0.3) is 0 Å². The van der Waals surface area contributed by atoms with E-state index in [-0.39, 0.29) is 0 Å². The molecule has 0 amide bonds. The SMILES string of the molecule is CC.CC.CC.CC.CC.CC.CC.CC.CC.CC.CC.CC(C)c1ccc(-c2ccccc2)nc1.CC(C)c1ccccc1.CC(C)c1cccnc1.Cc1ccc(C(C)C)cc1.Cc1cccc(C(C)C)c1.Cc1cccc(C(C)C)c1.Cc1ccccc1C(C)C.Cc1ccccc1C(C)C.Cc1ccccc1C(C)C.c1ccncc1.c1ccncc1.c1ccsc1.c1ccsc1.c1cocn1.c1cscn1. The van der Waals surface area contributed by atoms with Crippen LogP contribution in [0.4, 0.5) is 0 Å². The van der Waals surface area contributed by atoms with Crippen molar-refractivity contribution >= 4 is 34.0 Å². The van der Waals surface area contributed by atoms with Gasteiger partial charge in [0, 0.05) is 60.5 Å². The fourth-order valence-electron chi connectivity index (χ4n) is 11.2. The Morgan fingerprint density at radius 3 is 0.701 bits per heavy atom. The minimum Gasteiger partial charge on any atom is -0.452 e. The smallest absolute Gasteiger partial charge is 0.180 e. The van der Waals surface area contributed by atoms with Crippen LogP contribution in [0.15, 0.2) is 396 Å². The molecule has 7 nitrogen and oxygen atoms in total. The van der Waals surface area contributed by atoms with E-state index >= 15 is 0 Å². The Hall–Kier alpha value is -11.4. The number of aryl methyl sites for hydroxylation is 6. The minimum absolute atomic E-state index is 0.544. The van der Waals surface area contributed by atoms with Crippen molar-refractivity contribution in [1.82, 2.24) is 29.9 Å². The van der Waals surface area contributed by atoms with Gasteiger partial charge in [0.1, 0.15) is 6.26 Å². The Bertz CT molecular complexity index is 4510. The predicted molar refractivity (Wildman–Crippen MR) is 675 cm³/mol. The minimum atomic E-state index is 0.544. The van der Waals surface area contributed by atoms with Gasteiger partial charge in [-0.3, -0.25) is 24.9 Å². The number of aromatic nitrogens is 6. The van der Waals surface area contributed by atoms with Gasteiger partial charge in [0.2, 0.25) is 0 Å². The molecule has 16 rings (SSSR count). The Morgan fingerprint density at radius 1 is 0.204 bits per heavy atom. The molecule has 0 radical (unpaired) electrons. The third kappa shape index (κ3) is 95.3. The van der Waals surface area contributed by atoms with Crippen molar-refractivity contribution in [2.24, 2.45) is 0 Å². The van der Waals surface area contributed by atoms with Crippen LogP contribution in [0.1, 0.15) is 414 Å². The number of hydrogen-bond donors (Lipinski definition) is 0. The molecule has 0 N–H and O–H groups in total. The molecule has 0 aliphatic carbocycles. The highest BCUT2D eigenvalue weighted by molar-refractivity contribution is 7.08. The zero-order valence-corrected chi connectivity index (χ0v) is 104. The molecule has 0 spiro atoms. The van der Waals surface area contributed by atoms with Crippen molar-refractivity contribution in [1.29, 1.82) is 0 Å². The maximum absolute atomic E-state index is 4.47. The Morgan fingerprint density at radius 2 is 0.503 bits per heavy atom. The number of oxazole rings is 1. The van der Waals surface area contributed by atoms with Gasteiger partial charge in [-0.05, 0) is 219 Å². The van der Waals surface area contributed by atoms with E-state index in [0.717, 1.165) is 5.69 Å². The monoisotopic (exact) mass is 2050 g/mol. The molecule has 0 aliphatic rings. The third-order valence-corrected chi connectivity index (χ3v) is 20.4. The predicted octanol–water partition coefficient (Wildman–Crippen LogP) is 46.4. The van der Waals surface area contributed by atoms with Crippen LogP contribution in [-0.2, 0) is 0 Å². The fraction of sp³-hybridized carbons (Fsp3) is 0.401. The molecule has 0 aliphatic heterocycles. The lowest BCUT2D eigenvalue weighted by molar-refractivity contribution is 0.558. The number of thiazole rings is 1. The van der Waals surface area contributed by atoms with Crippen LogP contribution >= 0.6 is 34.0 Å². The number of nitrogens with zero attached hydrogens (tertiary/aromatic N) is 6. The van der Waals surface area contributed by atoms with Crippen molar-refractivity contribution < 1.29 is 4.42 Å². The van der Waals surface area contributed by atoms with Gasteiger partial charge in [0.15, 0.2) is 6.39 Å². The average Bonchev–Trinajstić information content (AvgIpc) is 1.44. The molecule has 0 unspecified atom stereocenters. The number of pyridine rings is 4. The second-order valence-corrected chi connectivity index (χ2v) is 34.6. The summed E-state index contributed by atoms with van der Waals surface area (Å²) in [6.07, 6.45) is 18.9. The average molecular weight is 2060 g/mol. The first-order chi connectivity index (χ1) is 71.1. The lowest BCUT2D eigenvalue weighted by Gasteiger charge is -2.07. The van der Waals surface area contributed by atoms with Crippen LogP contribution in [0.5, 0.6) is 0 Å². The van der Waals surface area contributed by atoms with Gasteiger partial charge in [-0.2, -0.15) is 22.7 Å². The summed E-state index contributed by atoms with van der Waals surface area (Å²) in [7, 11) is 0. The topological polar surface area (TPSA) is 90.5 Å². The molecule has 8 heterocycles. The highest BCUT2D eigenvalue weighted by atomic mass is 32.1. The molecule has 8 aromatic carbocycles. The first-order valence-electron chi connectivity index (χ1n) is 54.7. The number of hydrogen-bond acceptors (Lipinski definition) is 10. The van der Waals surface area contributed by atoms with Gasteiger partial charge in [-0.15, -0.1) is 11.3 Å². The van der Waals surface area contributed by atoms with E-state index in [2.05, 4.69) is 401 Å². The number of rotatable bonds is 10. The summed E-state index contributed by atoms with van der Waals surface area (Å²) in [6, 6.07) is 100. The molecule has 8 aromatic heterocycles. The number of thiophene rings is 2. The van der Waals surface area contributed by atoms with Gasteiger partial charge < -0.3 is 4.42 Å². The van der Waals surface area contributed by atoms with Crippen molar-refractivity contribution in [3.8, 4) is 11.3 Å². The van der Waals surface area contributed by atoms with E-state index < -0.39 is 0 Å². The molecular weight excluding hydrogens is 1840 g/mol. The summed E-state index contributed by atoms with van der Waals surface area (Å²) in [5, 5.41) is 10.1. The van der Waals surface area contributed by atoms with Crippen LogP contribution in [0.2, 0.25) is 0 Å². The van der Waals surface area contributed by atoms with E-state index in [0.29, 0.717) is 53.3 Å². The Kier molecular flexibility index (Phi) is 127. The molecule has 0 saturated carbocycles. The summed E-state index contributed by atoms with van der Waals surface area (Å²) in [5.41, 5.74) is 24.9. The summed E-state index contributed by atoms with van der Waals surface area (Å²) < 4.78 is 4.47. The van der Waals surface area contributed by atoms with Crippen LogP contribution in [0.25, 0.3) is 11.3 Å². The van der Waals surface area contributed by atoms with Gasteiger partial charge >= 0.3 is 0 Å². The quantitative estimate of drug-likeness (QED) is 0.135. The molecule has 0 fully saturated rings. The molecular formula is C137H212N6OS3. The Balaban J connectivity index is -0.000000170. The van der Waals surface area contributed by atoms with Gasteiger partial charge in [-0.25, -0.2) is 4.98 Å². The van der Waals surface area contributed by atoms with E-state index in [1.54, 1.807) is 82.9 Å². The second kappa shape index (κ2) is 120. The highest BCUT2D eigenvalue weighted by Crippen LogP contribution is 2.24. The van der Waals surface area contributed by atoms with E-state index in [1.807, 2.05) is 283 Å². The summed E-state index contributed by atoms with van der Waals surface area (Å²) in [6.45, 7) is 96.6. The summed E-state index contributed by atoms with van der Waals surface area (Å²) in [5.74, 6) is 5.72. The molecule has 16 aromatic rings. The highest BCUT2D eigenvalue weighted by Gasteiger charge is 2.05. The van der Waals surface area contributed by atoms with Crippen LogP contribution < -0.4 is 0 Å². The summed E-state index contributed by atoms with van der Waals surface area (Å²) in [4.78, 5) is 23.3. The first kappa shape index (κ1) is 156. The van der Waals surface area contributed by atoms with E-state index in [1.165, 1.54) is 102 Å². The molecule has 10 heteroatoms. The molecule has 0 atom stereocenters. The van der Waals surface area contributed by atoms with Gasteiger partial charge in [-0.1, -0.05) is 548 Å². The normalized spacial score (nSPS) is 8.76. The molecule has 0 bridgehead atoms. The molecule has 147 heavy (non-hydrogen) atoms. The first-order valence-corrected chi connectivity index (χ1v) is 57.6. The van der Waals surface area contributed by atoms with Crippen molar-refractivity contribution in [3.63, 3.8) is 0 Å². The van der Waals surface area contributed by atoms with Crippen LogP contribution in [0.3, 0.4) is 0 Å². The zero-order chi connectivity index (χ0) is 114. The van der Waals surface area contributed by atoms with Crippen molar-refractivity contribution in [2.75, 3.05) is 0 Å². The molecule has 0 saturated heterocycles.